The van der Waals surface area contributed by atoms with Crippen molar-refractivity contribution in [1.82, 2.24) is 9.78 Å². The lowest BCUT2D eigenvalue weighted by Crippen LogP contribution is -2.29. The van der Waals surface area contributed by atoms with Gasteiger partial charge in [0.15, 0.2) is 5.69 Å². The molecule has 0 spiro atoms. The maximum atomic E-state index is 13.7. The summed E-state index contributed by atoms with van der Waals surface area (Å²) in [6.07, 6.45) is 0.0276. The second-order valence-electron chi connectivity index (χ2n) is 9.76. The third kappa shape index (κ3) is 5.24. The monoisotopic (exact) mass is 578 g/mol. The second-order valence-corrected chi connectivity index (χ2v) is 11.1. The minimum Gasteiger partial charge on any atom is -0.461 e. The molecule has 1 saturated heterocycles. The van der Waals surface area contributed by atoms with E-state index in [1.54, 1.807) is 53.6 Å². The molecule has 1 N–H and O–H groups in total. The van der Waals surface area contributed by atoms with E-state index in [1.807, 2.05) is 12.1 Å². The Morgan fingerprint density at radius 3 is 2.42 bits per heavy atom. The number of aromatic nitrogens is 2. The van der Waals surface area contributed by atoms with Crippen LogP contribution in [0.2, 0.25) is 5.02 Å². The largest absolute Gasteiger partial charge is 0.461 e. The Balaban J connectivity index is 1.50. The van der Waals surface area contributed by atoms with Gasteiger partial charge < -0.3 is 15.0 Å². The molecule has 0 saturated carbocycles. The third-order valence-corrected chi connectivity index (χ3v) is 7.94. The Morgan fingerprint density at radius 1 is 1.10 bits per heavy atom. The van der Waals surface area contributed by atoms with E-state index in [-0.39, 0.29) is 41.6 Å². The number of hydrogen-bond acceptors (Lipinski definition) is 7. The minimum absolute atomic E-state index is 0.0221. The van der Waals surface area contributed by atoms with Crippen molar-refractivity contribution in [2.24, 2.45) is 5.92 Å². The first-order chi connectivity index (χ1) is 19.2. The zero-order valence-corrected chi connectivity index (χ0v) is 23.7. The summed E-state index contributed by atoms with van der Waals surface area (Å²) >= 11 is 7.08. The number of carbonyl (C=O) groups excluding carboxylic acids is 3. The van der Waals surface area contributed by atoms with Crippen molar-refractivity contribution in [2.75, 3.05) is 23.4 Å². The lowest BCUT2D eigenvalue weighted by atomic mass is 10.0. The summed E-state index contributed by atoms with van der Waals surface area (Å²) in [7, 11) is 0. The van der Waals surface area contributed by atoms with Crippen LogP contribution in [0.25, 0.3) is 16.5 Å². The molecule has 11 heteroatoms. The first kappa shape index (κ1) is 27.5. The van der Waals surface area contributed by atoms with Gasteiger partial charge in [0.2, 0.25) is 11.8 Å². The fourth-order valence-electron chi connectivity index (χ4n) is 4.64. The lowest BCUT2D eigenvalue weighted by Gasteiger charge is -2.16. The van der Waals surface area contributed by atoms with E-state index in [0.717, 1.165) is 21.6 Å². The molecular weight excluding hydrogens is 552 g/mol. The van der Waals surface area contributed by atoms with Crippen molar-refractivity contribution in [1.29, 1.82) is 0 Å². The van der Waals surface area contributed by atoms with E-state index in [0.29, 0.717) is 27.7 Å². The highest BCUT2D eigenvalue weighted by Crippen LogP contribution is 2.33. The smallest absolute Gasteiger partial charge is 0.359 e. The van der Waals surface area contributed by atoms with E-state index in [2.05, 4.69) is 24.3 Å². The van der Waals surface area contributed by atoms with E-state index >= 15 is 0 Å². The summed E-state index contributed by atoms with van der Waals surface area (Å²) in [6, 6.07) is 14.2. The zero-order valence-electron chi connectivity index (χ0n) is 22.1. The Labute approximate surface area is 239 Å². The molecule has 0 aliphatic carbocycles. The molecule has 2 aromatic heterocycles. The molecule has 5 rings (SSSR count). The SMILES string of the molecule is CCOC(=O)c1nn(-c2ccc(C(C)C)cc2)c(=O)c2c(NC(=O)C3CC(=O)N(c4ccc(Cl)cc4)C3)scc12. The van der Waals surface area contributed by atoms with Crippen LogP contribution in [0.5, 0.6) is 0 Å². The van der Waals surface area contributed by atoms with Gasteiger partial charge in [0.05, 0.1) is 23.6 Å². The number of halogens is 1. The van der Waals surface area contributed by atoms with Crippen molar-refractivity contribution >= 4 is 62.2 Å². The number of nitrogens with one attached hydrogen (secondary N) is 1. The number of hydrogen-bond donors (Lipinski definition) is 1. The highest BCUT2D eigenvalue weighted by molar-refractivity contribution is 7.16. The van der Waals surface area contributed by atoms with Crippen molar-refractivity contribution in [3.05, 3.63) is 80.5 Å². The molecule has 3 heterocycles. The predicted molar refractivity (Wildman–Crippen MR) is 156 cm³/mol. The van der Waals surface area contributed by atoms with Crippen LogP contribution in [0, 0.1) is 5.92 Å². The third-order valence-electron chi connectivity index (χ3n) is 6.80. The quantitative estimate of drug-likeness (QED) is 0.294. The summed E-state index contributed by atoms with van der Waals surface area (Å²) in [5.41, 5.74) is 1.71. The molecule has 2 aromatic carbocycles. The van der Waals surface area contributed by atoms with Crippen molar-refractivity contribution in [3.8, 4) is 5.69 Å². The Morgan fingerprint density at radius 2 is 1.77 bits per heavy atom. The Hall–Kier alpha value is -4.02. The summed E-state index contributed by atoms with van der Waals surface area (Å²) < 4.78 is 6.37. The molecular formula is C29H27ClN4O5S. The molecule has 2 amide bonds. The van der Waals surface area contributed by atoms with Crippen LogP contribution in [0.15, 0.2) is 58.7 Å². The molecule has 1 unspecified atom stereocenters. The molecule has 4 aromatic rings. The van der Waals surface area contributed by atoms with Crippen LogP contribution >= 0.6 is 22.9 Å². The van der Waals surface area contributed by atoms with E-state index in [9.17, 15) is 19.2 Å². The van der Waals surface area contributed by atoms with Crippen molar-refractivity contribution in [2.45, 2.75) is 33.1 Å². The van der Waals surface area contributed by atoms with E-state index < -0.39 is 23.4 Å². The van der Waals surface area contributed by atoms with Gasteiger partial charge in [0, 0.05) is 34.4 Å². The zero-order chi connectivity index (χ0) is 28.6. The number of amides is 2. The van der Waals surface area contributed by atoms with Crippen LogP contribution in [-0.2, 0) is 14.3 Å². The fourth-order valence-corrected chi connectivity index (χ4v) is 5.70. The van der Waals surface area contributed by atoms with Gasteiger partial charge in [-0.3, -0.25) is 14.4 Å². The molecule has 1 aliphatic heterocycles. The molecule has 0 bridgehead atoms. The van der Waals surface area contributed by atoms with Gasteiger partial charge in [-0.15, -0.1) is 11.3 Å². The predicted octanol–water partition coefficient (Wildman–Crippen LogP) is 5.39. The molecule has 40 heavy (non-hydrogen) atoms. The number of rotatable bonds is 7. The number of fused-ring (bicyclic) bond motifs is 1. The summed E-state index contributed by atoms with van der Waals surface area (Å²) in [5, 5.41) is 10.1. The molecule has 1 aliphatic rings. The molecule has 0 radical (unpaired) electrons. The van der Waals surface area contributed by atoms with Crippen LogP contribution in [0.3, 0.4) is 0 Å². The van der Waals surface area contributed by atoms with E-state index in [1.165, 1.54) is 0 Å². The minimum atomic E-state index is -0.671. The molecule has 9 nitrogen and oxygen atoms in total. The standard InChI is InChI=1S/C29H27ClN4O5S/c1-4-39-29(38)25-22-15-40-27(24(22)28(37)34(32-25)21-9-5-17(6-10-21)16(2)3)31-26(36)18-13-23(35)33(14-18)20-11-7-19(30)8-12-20/h5-12,15-16,18H,4,13-14H2,1-3H3,(H,31,36). The normalized spacial score (nSPS) is 15.2. The van der Waals surface area contributed by atoms with Gasteiger partial charge in [-0.1, -0.05) is 37.6 Å². The Bertz CT molecular complexity index is 1660. The Kier molecular flexibility index (Phi) is 7.73. The van der Waals surface area contributed by atoms with Crippen LogP contribution in [-0.4, -0.2) is 40.7 Å². The topological polar surface area (TPSA) is 111 Å². The number of ether oxygens (including phenoxy) is 1. The maximum Gasteiger partial charge on any atom is 0.359 e. The van der Waals surface area contributed by atoms with Gasteiger partial charge in [0.25, 0.3) is 5.56 Å². The number of benzene rings is 2. The van der Waals surface area contributed by atoms with Gasteiger partial charge in [-0.05, 0) is 54.8 Å². The van der Waals surface area contributed by atoms with Crippen molar-refractivity contribution < 1.29 is 19.1 Å². The average molecular weight is 579 g/mol. The highest BCUT2D eigenvalue weighted by atomic mass is 35.5. The summed E-state index contributed by atoms with van der Waals surface area (Å²) in [4.78, 5) is 54.1. The number of carbonyl (C=O) groups is 3. The lowest BCUT2D eigenvalue weighted by molar-refractivity contribution is -0.122. The van der Waals surface area contributed by atoms with E-state index in [4.69, 9.17) is 16.3 Å². The number of nitrogens with zero attached hydrogens (tertiary/aromatic N) is 3. The summed E-state index contributed by atoms with van der Waals surface area (Å²) in [5.74, 6) is -1.57. The number of esters is 1. The van der Waals surface area contributed by atoms with Gasteiger partial charge in [-0.25, -0.2) is 4.79 Å². The average Bonchev–Trinajstić information content (AvgIpc) is 3.54. The fraction of sp³-hybridized carbons (Fsp3) is 0.276. The highest BCUT2D eigenvalue weighted by Gasteiger charge is 2.36. The first-order valence-electron chi connectivity index (χ1n) is 12.9. The second kappa shape index (κ2) is 11.2. The number of thiophene rings is 1. The van der Waals surface area contributed by atoms with Crippen LogP contribution < -0.4 is 15.8 Å². The van der Waals surface area contributed by atoms with Gasteiger partial charge in [0.1, 0.15) is 5.00 Å². The van der Waals surface area contributed by atoms with Crippen LogP contribution in [0.4, 0.5) is 10.7 Å². The van der Waals surface area contributed by atoms with Gasteiger partial charge in [-0.2, -0.15) is 9.78 Å². The van der Waals surface area contributed by atoms with Gasteiger partial charge >= 0.3 is 5.97 Å². The molecule has 206 valence electrons. The maximum absolute atomic E-state index is 13.7. The van der Waals surface area contributed by atoms with Crippen molar-refractivity contribution in [3.63, 3.8) is 0 Å². The summed E-state index contributed by atoms with van der Waals surface area (Å²) in [6.45, 7) is 6.15. The molecule has 1 fully saturated rings. The number of anilines is 2. The first-order valence-corrected chi connectivity index (χ1v) is 14.1. The molecule has 1 atom stereocenters. The van der Waals surface area contributed by atoms with Crippen LogP contribution in [0.1, 0.15) is 49.2 Å².